The van der Waals surface area contributed by atoms with E-state index in [9.17, 15) is 12.8 Å². The monoisotopic (exact) mass is 301 g/mol. The molecule has 0 bridgehead atoms. The summed E-state index contributed by atoms with van der Waals surface area (Å²) in [5, 5.41) is 8.64. The molecule has 0 fully saturated rings. The van der Waals surface area contributed by atoms with Crippen LogP contribution in [0.1, 0.15) is 12.0 Å². The van der Waals surface area contributed by atoms with Gasteiger partial charge in [-0.1, -0.05) is 11.8 Å². The minimum absolute atomic E-state index is 0.106. The number of nitrogens with one attached hydrogen (secondary N) is 1. The minimum atomic E-state index is -3.55. The van der Waals surface area contributed by atoms with Crippen LogP contribution in [0, 0.1) is 17.7 Å². The predicted molar refractivity (Wildman–Crippen MR) is 74.3 cm³/mol. The molecule has 5 nitrogen and oxygen atoms in total. The molecular weight excluding hydrogens is 285 g/mol. The van der Waals surface area contributed by atoms with Crippen LogP contribution in [0.25, 0.3) is 0 Å². The molecule has 0 atom stereocenters. The Morgan fingerprint density at radius 3 is 2.85 bits per heavy atom. The second-order valence-electron chi connectivity index (χ2n) is 3.92. The van der Waals surface area contributed by atoms with Gasteiger partial charge in [0.25, 0.3) is 0 Å². The fourth-order valence-electron chi connectivity index (χ4n) is 1.46. The number of hydrogen-bond donors (Lipinski definition) is 2. The second kappa shape index (κ2) is 7.85. The highest BCUT2D eigenvalue weighted by Gasteiger charge is 2.12. The van der Waals surface area contributed by atoms with Crippen LogP contribution in [0.4, 0.5) is 10.1 Å². The Balaban J connectivity index is 2.91. The molecule has 7 heteroatoms. The van der Waals surface area contributed by atoms with Crippen molar-refractivity contribution >= 4 is 15.7 Å². The molecule has 1 rings (SSSR count). The fourth-order valence-corrected chi connectivity index (χ4v) is 2.57. The Bertz CT molecular complexity index is 605. The average Bonchev–Trinajstić information content (AvgIpc) is 2.39. The summed E-state index contributed by atoms with van der Waals surface area (Å²) in [5.74, 6) is 4.22. The van der Waals surface area contributed by atoms with Gasteiger partial charge in [0, 0.05) is 13.7 Å². The molecule has 0 aromatic heterocycles. The summed E-state index contributed by atoms with van der Waals surface area (Å²) in [7, 11) is -2.06. The highest BCUT2D eigenvalue weighted by atomic mass is 32.2. The van der Waals surface area contributed by atoms with E-state index in [4.69, 9.17) is 9.84 Å². The molecule has 0 aliphatic carbocycles. The van der Waals surface area contributed by atoms with Crippen molar-refractivity contribution in [3.63, 3.8) is 0 Å². The van der Waals surface area contributed by atoms with Crippen LogP contribution in [0.5, 0.6) is 0 Å². The van der Waals surface area contributed by atoms with Crippen molar-refractivity contribution in [1.82, 2.24) is 0 Å². The van der Waals surface area contributed by atoms with Crippen molar-refractivity contribution in [2.75, 3.05) is 30.8 Å². The highest BCUT2D eigenvalue weighted by Crippen LogP contribution is 2.17. The lowest BCUT2D eigenvalue weighted by atomic mass is 10.2. The minimum Gasteiger partial charge on any atom is -0.385 e. The van der Waals surface area contributed by atoms with Gasteiger partial charge >= 0.3 is 0 Å². The third-order valence-electron chi connectivity index (χ3n) is 2.31. The summed E-state index contributed by atoms with van der Waals surface area (Å²) in [6.45, 7) is -0.0575. The first-order valence-electron chi connectivity index (χ1n) is 5.87. The number of rotatable bonds is 6. The zero-order valence-corrected chi connectivity index (χ0v) is 11.8. The molecule has 0 saturated heterocycles. The van der Waals surface area contributed by atoms with Crippen LogP contribution < -0.4 is 4.72 Å². The summed E-state index contributed by atoms with van der Waals surface area (Å²) < 4.78 is 43.9. The van der Waals surface area contributed by atoms with E-state index in [0.29, 0.717) is 13.0 Å². The molecule has 0 amide bonds. The Morgan fingerprint density at radius 2 is 2.20 bits per heavy atom. The molecular formula is C13H16FNO4S. The number of halogens is 1. The molecule has 1 aromatic carbocycles. The van der Waals surface area contributed by atoms with E-state index in [1.165, 1.54) is 13.2 Å². The lowest BCUT2D eigenvalue weighted by Gasteiger charge is -2.09. The zero-order valence-electron chi connectivity index (χ0n) is 11.0. The van der Waals surface area contributed by atoms with Gasteiger partial charge in [0.05, 0.1) is 17.0 Å². The first-order valence-corrected chi connectivity index (χ1v) is 7.52. The molecule has 0 aliphatic rings. The number of ether oxygens (including phenoxy) is 1. The number of aliphatic hydroxyl groups is 1. The van der Waals surface area contributed by atoms with Crippen molar-refractivity contribution in [3.05, 3.63) is 29.6 Å². The van der Waals surface area contributed by atoms with E-state index in [-0.39, 0.29) is 17.0 Å². The summed E-state index contributed by atoms with van der Waals surface area (Å²) in [4.78, 5) is 0. The highest BCUT2D eigenvalue weighted by molar-refractivity contribution is 7.92. The molecule has 0 radical (unpaired) electrons. The van der Waals surface area contributed by atoms with Gasteiger partial charge in [-0.25, -0.2) is 12.8 Å². The number of anilines is 1. The fraction of sp³-hybridized carbons (Fsp3) is 0.385. The topological polar surface area (TPSA) is 75.6 Å². The maximum absolute atomic E-state index is 13.1. The molecule has 110 valence electrons. The van der Waals surface area contributed by atoms with Gasteiger partial charge in [0.1, 0.15) is 12.4 Å². The van der Waals surface area contributed by atoms with Gasteiger partial charge in [-0.05, 0) is 24.6 Å². The second-order valence-corrected chi connectivity index (χ2v) is 5.76. The third-order valence-corrected chi connectivity index (χ3v) is 3.67. The maximum atomic E-state index is 13.1. The Kier molecular flexibility index (Phi) is 6.45. The van der Waals surface area contributed by atoms with Gasteiger partial charge in [-0.2, -0.15) is 0 Å². The van der Waals surface area contributed by atoms with Crippen molar-refractivity contribution in [1.29, 1.82) is 0 Å². The van der Waals surface area contributed by atoms with Crippen LogP contribution in [0.3, 0.4) is 0 Å². The molecule has 1 aromatic rings. The van der Waals surface area contributed by atoms with Crippen LogP contribution in [0.15, 0.2) is 18.2 Å². The smallest absolute Gasteiger partial charge is 0.232 e. The molecule has 0 saturated carbocycles. The summed E-state index contributed by atoms with van der Waals surface area (Å²) in [6.07, 6.45) is 0.352. The molecule has 0 spiro atoms. The SMILES string of the molecule is COCCCS(=O)(=O)Nc1ccc(F)cc1C#CCO. The maximum Gasteiger partial charge on any atom is 0.232 e. The van der Waals surface area contributed by atoms with Crippen LogP contribution in [0.2, 0.25) is 0 Å². The number of benzene rings is 1. The van der Waals surface area contributed by atoms with Crippen molar-refractivity contribution in [3.8, 4) is 11.8 Å². The molecule has 0 unspecified atom stereocenters. The third kappa shape index (κ3) is 5.57. The van der Waals surface area contributed by atoms with Gasteiger partial charge in [0.2, 0.25) is 10.0 Å². The van der Waals surface area contributed by atoms with E-state index >= 15 is 0 Å². The Hall–Kier alpha value is -1.62. The van der Waals surface area contributed by atoms with Crippen molar-refractivity contribution < 1.29 is 22.7 Å². The van der Waals surface area contributed by atoms with E-state index in [0.717, 1.165) is 12.1 Å². The van der Waals surface area contributed by atoms with Gasteiger partial charge in [-0.3, -0.25) is 4.72 Å². The van der Waals surface area contributed by atoms with E-state index in [1.54, 1.807) is 0 Å². The summed E-state index contributed by atoms with van der Waals surface area (Å²) in [5.41, 5.74) is 0.360. The van der Waals surface area contributed by atoms with Crippen LogP contribution in [-0.2, 0) is 14.8 Å². The molecule has 2 N–H and O–H groups in total. The predicted octanol–water partition coefficient (Wildman–Crippen LogP) is 0.948. The first kappa shape index (κ1) is 16.4. The number of sulfonamides is 1. The number of aliphatic hydroxyl groups excluding tert-OH is 1. The summed E-state index contributed by atoms with van der Waals surface area (Å²) in [6, 6.07) is 3.54. The van der Waals surface area contributed by atoms with E-state index in [2.05, 4.69) is 16.6 Å². The Labute approximate surface area is 117 Å². The molecule has 0 aliphatic heterocycles. The number of hydrogen-bond acceptors (Lipinski definition) is 4. The molecule has 20 heavy (non-hydrogen) atoms. The number of methoxy groups -OCH3 is 1. The van der Waals surface area contributed by atoms with E-state index in [1.807, 2.05) is 0 Å². The van der Waals surface area contributed by atoms with Gasteiger partial charge in [0.15, 0.2) is 0 Å². The van der Waals surface area contributed by atoms with Gasteiger partial charge < -0.3 is 9.84 Å². The summed E-state index contributed by atoms with van der Waals surface area (Å²) >= 11 is 0. The van der Waals surface area contributed by atoms with Crippen LogP contribution in [-0.4, -0.2) is 39.6 Å². The quantitative estimate of drug-likeness (QED) is 0.606. The largest absolute Gasteiger partial charge is 0.385 e. The van der Waals surface area contributed by atoms with Gasteiger partial charge in [-0.15, -0.1) is 0 Å². The lowest BCUT2D eigenvalue weighted by Crippen LogP contribution is -2.18. The molecule has 0 heterocycles. The Morgan fingerprint density at radius 1 is 1.45 bits per heavy atom. The normalized spacial score (nSPS) is 10.8. The van der Waals surface area contributed by atoms with Crippen LogP contribution >= 0.6 is 0 Å². The average molecular weight is 301 g/mol. The van der Waals surface area contributed by atoms with Crippen molar-refractivity contribution in [2.24, 2.45) is 0 Å². The lowest BCUT2D eigenvalue weighted by molar-refractivity contribution is 0.199. The van der Waals surface area contributed by atoms with Crippen molar-refractivity contribution in [2.45, 2.75) is 6.42 Å². The zero-order chi connectivity index (χ0) is 15.0. The van der Waals surface area contributed by atoms with E-state index < -0.39 is 22.4 Å². The first-order chi connectivity index (χ1) is 9.48. The standard InChI is InChI=1S/C13H16FNO4S/c1-19-8-3-9-20(17,18)15-13-6-5-12(14)10-11(13)4-2-7-16/h5-6,10,15-16H,3,7-9H2,1H3.